The van der Waals surface area contributed by atoms with Crippen LogP contribution in [0.15, 0.2) is 53.9 Å². The van der Waals surface area contributed by atoms with Crippen molar-refractivity contribution in [1.29, 1.82) is 0 Å². The lowest BCUT2D eigenvalue weighted by atomic mass is 10.1. The Morgan fingerprint density at radius 2 is 2.03 bits per heavy atom. The molecule has 0 radical (unpaired) electrons. The third-order valence-corrected chi connectivity index (χ3v) is 5.63. The Bertz CT molecular complexity index is 1030. The maximum absolute atomic E-state index is 12.7. The van der Waals surface area contributed by atoms with E-state index < -0.39 is 6.23 Å². The topological polar surface area (TPSA) is 81.1 Å². The lowest BCUT2D eigenvalue weighted by molar-refractivity contribution is -0.118. The van der Waals surface area contributed by atoms with Crippen molar-refractivity contribution in [3.63, 3.8) is 0 Å². The number of aromatic nitrogens is 4. The monoisotopic (exact) mass is 407 g/mol. The quantitative estimate of drug-likeness (QED) is 0.602. The second kappa shape index (κ2) is 8.16. The van der Waals surface area contributed by atoms with Gasteiger partial charge in [0.2, 0.25) is 23.2 Å². The molecule has 0 unspecified atom stereocenters. The van der Waals surface area contributed by atoms with Gasteiger partial charge in [-0.3, -0.25) is 14.7 Å². The van der Waals surface area contributed by atoms with Crippen molar-refractivity contribution in [3.05, 3.63) is 54.4 Å². The molecule has 0 saturated heterocycles. The lowest BCUT2D eigenvalue weighted by Gasteiger charge is -2.29. The van der Waals surface area contributed by atoms with Gasteiger partial charge in [0.25, 0.3) is 0 Å². The van der Waals surface area contributed by atoms with E-state index in [0.717, 1.165) is 16.9 Å². The van der Waals surface area contributed by atoms with Crippen LogP contribution in [0.2, 0.25) is 0 Å². The van der Waals surface area contributed by atoms with Crippen molar-refractivity contribution in [2.75, 3.05) is 10.7 Å². The molecule has 1 aromatic carbocycles. The first-order chi connectivity index (χ1) is 14.0. The van der Waals surface area contributed by atoms with Crippen LogP contribution in [0, 0.1) is 5.92 Å². The number of anilines is 1. The summed E-state index contributed by atoms with van der Waals surface area (Å²) in [7, 11) is 0. The third-order valence-electron chi connectivity index (χ3n) is 4.37. The molecule has 3 heterocycles. The summed E-state index contributed by atoms with van der Waals surface area (Å²) in [6.07, 6.45) is 2.67. The van der Waals surface area contributed by atoms with Gasteiger partial charge in [-0.05, 0) is 18.1 Å². The smallest absolute Gasteiger partial charge is 0.247 e. The first kappa shape index (κ1) is 19.3. The first-order valence-electron chi connectivity index (χ1n) is 9.38. The Kier molecular flexibility index (Phi) is 5.44. The minimum atomic E-state index is -0.705. The van der Waals surface area contributed by atoms with E-state index >= 15 is 0 Å². The number of carbonyl (C=O) groups is 1. The third kappa shape index (κ3) is 3.93. The SMILES string of the molecule is CC(=O)N1c2ccccc2-c2nnc(SCC(C)C)nc2O[C@H]1c1cccnc1. The highest BCUT2D eigenvalue weighted by molar-refractivity contribution is 7.99. The number of rotatable bonds is 4. The van der Waals surface area contributed by atoms with Crippen LogP contribution in [0.5, 0.6) is 5.88 Å². The predicted octanol–water partition coefficient (Wildman–Crippen LogP) is 4.13. The van der Waals surface area contributed by atoms with Gasteiger partial charge in [-0.25, -0.2) is 0 Å². The van der Waals surface area contributed by atoms with Gasteiger partial charge in [0.15, 0.2) is 5.69 Å². The minimum absolute atomic E-state index is 0.151. The minimum Gasteiger partial charge on any atom is -0.447 e. The van der Waals surface area contributed by atoms with Gasteiger partial charge in [-0.2, -0.15) is 4.98 Å². The summed E-state index contributed by atoms with van der Waals surface area (Å²) < 4.78 is 6.29. The van der Waals surface area contributed by atoms with Gasteiger partial charge in [0.05, 0.1) is 5.69 Å². The van der Waals surface area contributed by atoms with Crippen LogP contribution in [0.1, 0.15) is 32.6 Å². The number of benzene rings is 1. The predicted molar refractivity (Wildman–Crippen MR) is 112 cm³/mol. The molecule has 1 amide bonds. The molecule has 0 bridgehead atoms. The van der Waals surface area contributed by atoms with Crippen LogP contribution in [0.3, 0.4) is 0 Å². The molecule has 1 aliphatic rings. The van der Waals surface area contributed by atoms with E-state index in [1.807, 2.05) is 36.4 Å². The molecule has 7 nitrogen and oxygen atoms in total. The number of fused-ring (bicyclic) bond motifs is 3. The number of thioether (sulfide) groups is 1. The van der Waals surface area contributed by atoms with Crippen LogP contribution in [0.25, 0.3) is 11.3 Å². The Morgan fingerprint density at radius 3 is 2.76 bits per heavy atom. The van der Waals surface area contributed by atoms with Gasteiger partial charge < -0.3 is 4.74 Å². The number of para-hydroxylation sites is 1. The largest absolute Gasteiger partial charge is 0.447 e. The number of carbonyl (C=O) groups excluding carboxylic acids is 1. The zero-order valence-corrected chi connectivity index (χ0v) is 17.3. The highest BCUT2D eigenvalue weighted by Gasteiger charge is 2.34. The van der Waals surface area contributed by atoms with Crippen molar-refractivity contribution < 1.29 is 9.53 Å². The molecule has 0 fully saturated rings. The zero-order valence-electron chi connectivity index (χ0n) is 16.4. The fourth-order valence-corrected chi connectivity index (χ4v) is 3.82. The van der Waals surface area contributed by atoms with Crippen molar-refractivity contribution in [3.8, 4) is 17.1 Å². The molecule has 1 atom stereocenters. The van der Waals surface area contributed by atoms with E-state index in [0.29, 0.717) is 28.3 Å². The number of pyridine rings is 1. The summed E-state index contributed by atoms with van der Waals surface area (Å²) in [5, 5.41) is 9.24. The summed E-state index contributed by atoms with van der Waals surface area (Å²) in [5.41, 5.74) is 2.73. The molecule has 3 aromatic rings. The van der Waals surface area contributed by atoms with E-state index in [-0.39, 0.29) is 5.91 Å². The highest BCUT2D eigenvalue weighted by atomic mass is 32.2. The summed E-state index contributed by atoms with van der Waals surface area (Å²) in [4.78, 5) is 23.1. The highest BCUT2D eigenvalue weighted by Crippen LogP contribution is 2.43. The lowest BCUT2D eigenvalue weighted by Crippen LogP contribution is -2.36. The summed E-state index contributed by atoms with van der Waals surface area (Å²) >= 11 is 1.54. The van der Waals surface area contributed by atoms with Gasteiger partial charge >= 0.3 is 0 Å². The number of hydrogen-bond acceptors (Lipinski definition) is 7. The van der Waals surface area contributed by atoms with E-state index in [1.165, 1.54) is 18.7 Å². The van der Waals surface area contributed by atoms with E-state index in [2.05, 4.69) is 34.0 Å². The molecule has 4 rings (SSSR count). The Morgan fingerprint density at radius 1 is 1.21 bits per heavy atom. The summed E-state index contributed by atoms with van der Waals surface area (Å²) in [5.74, 6) is 1.58. The zero-order chi connectivity index (χ0) is 20.4. The maximum Gasteiger partial charge on any atom is 0.247 e. The van der Waals surface area contributed by atoms with Crippen LogP contribution in [-0.2, 0) is 4.79 Å². The average molecular weight is 407 g/mol. The van der Waals surface area contributed by atoms with Crippen molar-refractivity contribution in [1.82, 2.24) is 20.2 Å². The molecule has 1 aliphatic heterocycles. The Labute approximate surface area is 173 Å². The van der Waals surface area contributed by atoms with Crippen molar-refractivity contribution in [2.24, 2.45) is 5.92 Å². The number of nitrogens with zero attached hydrogens (tertiary/aromatic N) is 5. The molecular weight excluding hydrogens is 386 g/mol. The molecule has 8 heteroatoms. The first-order valence-corrected chi connectivity index (χ1v) is 10.4. The van der Waals surface area contributed by atoms with Crippen LogP contribution < -0.4 is 9.64 Å². The van der Waals surface area contributed by atoms with Crippen LogP contribution >= 0.6 is 11.8 Å². The van der Waals surface area contributed by atoms with Crippen LogP contribution in [-0.4, -0.2) is 31.8 Å². The molecule has 0 N–H and O–H groups in total. The number of ether oxygens (including phenoxy) is 1. The van der Waals surface area contributed by atoms with Gasteiger partial charge in [-0.15, -0.1) is 10.2 Å². The fourth-order valence-electron chi connectivity index (χ4n) is 3.09. The summed E-state index contributed by atoms with van der Waals surface area (Å²) in [6, 6.07) is 11.3. The number of amides is 1. The molecule has 2 aromatic heterocycles. The molecule has 0 saturated carbocycles. The normalized spacial score (nSPS) is 15.3. The second-order valence-electron chi connectivity index (χ2n) is 7.12. The van der Waals surface area contributed by atoms with E-state index in [1.54, 1.807) is 17.3 Å². The molecule has 29 heavy (non-hydrogen) atoms. The average Bonchev–Trinajstić information content (AvgIpc) is 2.87. The maximum atomic E-state index is 12.7. The molecule has 0 aliphatic carbocycles. The van der Waals surface area contributed by atoms with Crippen molar-refractivity contribution >= 4 is 23.4 Å². The van der Waals surface area contributed by atoms with Gasteiger partial charge in [-0.1, -0.05) is 49.9 Å². The van der Waals surface area contributed by atoms with Gasteiger partial charge in [0, 0.05) is 36.2 Å². The fraction of sp³-hybridized carbons (Fsp3) is 0.286. The molecular formula is C21H21N5O2S. The van der Waals surface area contributed by atoms with Crippen molar-refractivity contribution in [2.45, 2.75) is 32.2 Å². The van der Waals surface area contributed by atoms with Gasteiger partial charge in [0.1, 0.15) is 0 Å². The Balaban J connectivity index is 1.87. The van der Waals surface area contributed by atoms with E-state index in [4.69, 9.17) is 4.74 Å². The number of hydrogen-bond donors (Lipinski definition) is 0. The molecule has 0 spiro atoms. The Hall–Kier alpha value is -3.00. The second-order valence-corrected chi connectivity index (χ2v) is 8.10. The molecule has 148 valence electrons. The van der Waals surface area contributed by atoms with Crippen LogP contribution in [0.4, 0.5) is 5.69 Å². The standard InChI is InChI=1S/C21H21N5O2S/c1-13(2)12-29-21-23-19-18(24-25-21)16-8-4-5-9-17(16)26(14(3)27)20(28-19)15-7-6-10-22-11-15/h4-11,13,20H,12H2,1-3H3/t20-/m0/s1. The summed E-state index contributed by atoms with van der Waals surface area (Å²) in [6.45, 7) is 5.79. The van der Waals surface area contributed by atoms with E-state index in [9.17, 15) is 4.79 Å².